The summed E-state index contributed by atoms with van der Waals surface area (Å²) in [6, 6.07) is 14.1. The molecule has 0 aromatic heterocycles. The molecule has 2 heterocycles. The smallest absolute Gasteiger partial charge is 0.103 e. The molecule has 0 aliphatic carbocycles. The number of nitrogens with zero attached hydrogens (tertiary/aromatic N) is 3. The third-order valence-corrected chi connectivity index (χ3v) is 6.76. The van der Waals surface area contributed by atoms with Gasteiger partial charge in [0.25, 0.3) is 0 Å². The minimum Gasteiger partial charge on any atom is -0.322 e. The molecule has 0 bridgehead atoms. The standard InChI is InChI=1S/C15H24N2.C9H16N2/c1-12-8-7-11-17(12)15(2,3)14(16)13-9-5-4-6-10-13;1-8-5-4-6-11(8)9(2,3)7-10/h4-6,9-10,12,14H,7-8,11,16H2,1-3H3;8H,4-6H2,1-3H3. The van der Waals surface area contributed by atoms with Gasteiger partial charge in [-0.2, -0.15) is 5.26 Å². The van der Waals surface area contributed by atoms with E-state index in [-0.39, 0.29) is 17.1 Å². The van der Waals surface area contributed by atoms with Crippen LogP contribution < -0.4 is 5.73 Å². The zero-order valence-electron chi connectivity index (χ0n) is 18.8. The molecule has 4 nitrogen and oxygen atoms in total. The highest BCUT2D eigenvalue weighted by atomic mass is 15.2. The van der Waals surface area contributed by atoms with E-state index in [4.69, 9.17) is 11.0 Å². The first-order valence-electron chi connectivity index (χ1n) is 10.9. The van der Waals surface area contributed by atoms with Crippen LogP contribution in [0.4, 0.5) is 0 Å². The molecule has 3 unspecified atom stereocenters. The second-order valence-corrected chi connectivity index (χ2v) is 9.58. The topological polar surface area (TPSA) is 56.3 Å². The van der Waals surface area contributed by atoms with E-state index in [2.05, 4.69) is 67.8 Å². The lowest BCUT2D eigenvalue weighted by molar-refractivity contribution is 0.0876. The number of hydrogen-bond acceptors (Lipinski definition) is 4. The van der Waals surface area contributed by atoms with Crippen LogP contribution in [-0.2, 0) is 0 Å². The van der Waals surface area contributed by atoms with Crippen molar-refractivity contribution in [2.45, 2.75) is 96.4 Å². The molecule has 1 aromatic carbocycles. The maximum Gasteiger partial charge on any atom is 0.103 e. The van der Waals surface area contributed by atoms with Gasteiger partial charge >= 0.3 is 0 Å². The van der Waals surface area contributed by atoms with Gasteiger partial charge in [0.1, 0.15) is 5.54 Å². The van der Waals surface area contributed by atoms with Crippen LogP contribution in [-0.4, -0.2) is 46.1 Å². The van der Waals surface area contributed by atoms with Crippen LogP contribution in [0.1, 0.15) is 78.8 Å². The van der Waals surface area contributed by atoms with Crippen LogP contribution in [0, 0.1) is 11.3 Å². The SMILES string of the molecule is CC1CCCN1C(C)(C)C#N.CC1CCCN1C(C)(C)C(N)c1ccccc1. The van der Waals surface area contributed by atoms with Crippen molar-refractivity contribution in [1.82, 2.24) is 9.80 Å². The van der Waals surface area contributed by atoms with E-state index in [0.29, 0.717) is 12.1 Å². The number of benzene rings is 1. The number of hydrogen-bond donors (Lipinski definition) is 1. The maximum atomic E-state index is 8.88. The Morgan fingerprint density at radius 1 is 0.964 bits per heavy atom. The Morgan fingerprint density at radius 2 is 1.46 bits per heavy atom. The summed E-state index contributed by atoms with van der Waals surface area (Å²) in [5.41, 5.74) is 7.46. The molecule has 156 valence electrons. The Hall–Kier alpha value is -1.41. The summed E-state index contributed by atoms with van der Waals surface area (Å²) in [7, 11) is 0. The molecule has 0 saturated carbocycles. The van der Waals surface area contributed by atoms with Gasteiger partial charge in [-0.3, -0.25) is 9.80 Å². The van der Waals surface area contributed by atoms with E-state index < -0.39 is 0 Å². The molecular formula is C24H40N4. The van der Waals surface area contributed by atoms with Crippen molar-refractivity contribution in [3.05, 3.63) is 35.9 Å². The molecule has 3 atom stereocenters. The van der Waals surface area contributed by atoms with Gasteiger partial charge in [-0.1, -0.05) is 30.3 Å². The van der Waals surface area contributed by atoms with Crippen molar-refractivity contribution in [3.63, 3.8) is 0 Å². The molecule has 2 fully saturated rings. The van der Waals surface area contributed by atoms with Crippen LogP contribution >= 0.6 is 0 Å². The lowest BCUT2D eigenvalue weighted by Crippen LogP contribution is -2.52. The number of nitriles is 1. The average molecular weight is 385 g/mol. The van der Waals surface area contributed by atoms with Crippen molar-refractivity contribution >= 4 is 0 Å². The summed E-state index contributed by atoms with van der Waals surface area (Å²) in [5, 5.41) is 8.88. The van der Waals surface area contributed by atoms with Crippen molar-refractivity contribution in [2.75, 3.05) is 13.1 Å². The molecule has 2 aliphatic rings. The molecule has 2 aliphatic heterocycles. The fourth-order valence-electron chi connectivity index (χ4n) is 4.86. The van der Waals surface area contributed by atoms with Gasteiger partial charge in [0.2, 0.25) is 0 Å². The summed E-state index contributed by atoms with van der Waals surface area (Å²) in [6.07, 6.45) is 5.08. The second kappa shape index (κ2) is 9.39. The molecule has 2 N–H and O–H groups in total. The van der Waals surface area contributed by atoms with Gasteiger partial charge in [-0.25, -0.2) is 0 Å². The third-order valence-electron chi connectivity index (χ3n) is 6.76. The summed E-state index contributed by atoms with van der Waals surface area (Å²) < 4.78 is 0. The number of likely N-dealkylation sites (tertiary alicyclic amines) is 2. The molecule has 3 rings (SSSR count). The highest BCUT2D eigenvalue weighted by Gasteiger charge is 2.38. The quantitative estimate of drug-likeness (QED) is 0.816. The fraction of sp³-hybridized carbons (Fsp3) is 0.708. The van der Waals surface area contributed by atoms with Gasteiger partial charge in [0.15, 0.2) is 0 Å². The number of nitrogens with two attached hydrogens (primary N) is 1. The van der Waals surface area contributed by atoms with Crippen LogP contribution in [0.3, 0.4) is 0 Å². The molecule has 2 saturated heterocycles. The zero-order chi connectivity index (χ0) is 20.9. The van der Waals surface area contributed by atoms with Crippen LogP contribution in [0.25, 0.3) is 0 Å². The lowest BCUT2D eigenvalue weighted by atomic mass is 9.87. The molecule has 1 aromatic rings. The van der Waals surface area contributed by atoms with Gasteiger partial charge in [-0.15, -0.1) is 0 Å². The van der Waals surface area contributed by atoms with Crippen LogP contribution in [0.15, 0.2) is 30.3 Å². The predicted octanol–water partition coefficient (Wildman–Crippen LogP) is 4.72. The first-order valence-corrected chi connectivity index (χ1v) is 10.9. The van der Waals surface area contributed by atoms with Crippen molar-refractivity contribution in [1.29, 1.82) is 5.26 Å². The monoisotopic (exact) mass is 384 g/mol. The Labute approximate surface area is 172 Å². The van der Waals surface area contributed by atoms with Gasteiger partial charge in [-0.05, 0) is 85.9 Å². The molecule has 0 spiro atoms. The van der Waals surface area contributed by atoms with E-state index in [1.807, 2.05) is 19.9 Å². The highest BCUT2D eigenvalue weighted by molar-refractivity contribution is 5.22. The largest absolute Gasteiger partial charge is 0.322 e. The van der Waals surface area contributed by atoms with Crippen LogP contribution in [0.2, 0.25) is 0 Å². The summed E-state index contributed by atoms with van der Waals surface area (Å²) in [6.45, 7) is 15.3. The fourth-order valence-corrected chi connectivity index (χ4v) is 4.86. The second-order valence-electron chi connectivity index (χ2n) is 9.58. The first-order chi connectivity index (χ1) is 13.1. The minimum absolute atomic E-state index is 0.0251. The van der Waals surface area contributed by atoms with E-state index >= 15 is 0 Å². The Morgan fingerprint density at radius 3 is 1.89 bits per heavy atom. The third kappa shape index (κ3) is 5.14. The first kappa shape index (κ1) is 22.9. The maximum absolute atomic E-state index is 8.88. The van der Waals surface area contributed by atoms with Gasteiger partial charge in [0, 0.05) is 23.7 Å². The molecule has 28 heavy (non-hydrogen) atoms. The van der Waals surface area contributed by atoms with Crippen molar-refractivity contribution < 1.29 is 0 Å². The Kier molecular flexibility index (Phi) is 7.67. The van der Waals surface area contributed by atoms with Gasteiger partial charge < -0.3 is 5.73 Å². The van der Waals surface area contributed by atoms with E-state index in [0.717, 1.165) is 6.54 Å². The average Bonchev–Trinajstić information content (AvgIpc) is 3.31. The van der Waals surface area contributed by atoms with Gasteiger partial charge in [0.05, 0.1) is 6.07 Å². The minimum atomic E-state index is -0.268. The summed E-state index contributed by atoms with van der Waals surface area (Å²) >= 11 is 0. The van der Waals surface area contributed by atoms with Crippen molar-refractivity contribution in [3.8, 4) is 6.07 Å². The Balaban J connectivity index is 0.000000221. The highest BCUT2D eigenvalue weighted by Crippen LogP contribution is 2.34. The van der Waals surface area contributed by atoms with E-state index in [9.17, 15) is 0 Å². The zero-order valence-corrected chi connectivity index (χ0v) is 18.8. The van der Waals surface area contributed by atoms with Crippen LogP contribution in [0.5, 0.6) is 0 Å². The Bertz CT molecular complexity index is 646. The predicted molar refractivity (Wildman–Crippen MR) is 118 cm³/mol. The van der Waals surface area contributed by atoms with Crippen molar-refractivity contribution in [2.24, 2.45) is 5.73 Å². The summed E-state index contributed by atoms with van der Waals surface area (Å²) in [5.74, 6) is 0. The molecule has 4 heteroatoms. The van der Waals surface area contributed by atoms with E-state index in [1.165, 1.54) is 37.8 Å². The lowest BCUT2D eigenvalue weighted by Gasteiger charge is -2.43. The molecule has 0 amide bonds. The van der Waals surface area contributed by atoms with E-state index in [1.54, 1.807) is 0 Å². The normalized spacial score (nSPS) is 25.1. The summed E-state index contributed by atoms with van der Waals surface area (Å²) in [4.78, 5) is 4.84. The molecule has 0 radical (unpaired) electrons. The number of rotatable bonds is 4. The molecular weight excluding hydrogens is 344 g/mol.